The normalized spacial score (nSPS) is 11.5. The molecule has 0 aromatic heterocycles. The van der Waals surface area contributed by atoms with Gasteiger partial charge in [-0.3, -0.25) is 4.79 Å². The quantitative estimate of drug-likeness (QED) is 0.187. The van der Waals surface area contributed by atoms with E-state index in [1.165, 1.54) is 0 Å². The van der Waals surface area contributed by atoms with Crippen LogP contribution in [0.15, 0.2) is 5.11 Å². The molecule has 13 heavy (non-hydrogen) atoms. The zero-order valence-corrected chi connectivity index (χ0v) is 8.07. The topological polar surface area (TPSA) is 104 Å². The second kappa shape index (κ2) is 7.72. The van der Waals surface area contributed by atoms with Crippen LogP contribution >= 0.6 is 12.6 Å². The second-order valence-electron chi connectivity index (χ2n) is 2.39. The molecule has 7 heteroatoms. The molecule has 0 rings (SSSR count). The molecule has 74 valence electrons. The van der Waals surface area contributed by atoms with Crippen molar-refractivity contribution in [3.05, 3.63) is 10.4 Å². The second-order valence-corrected chi connectivity index (χ2v) is 2.75. The summed E-state index contributed by atoms with van der Waals surface area (Å²) in [4.78, 5) is 13.6. The van der Waals surface area contributed by atoms with Crippen molar-refractivity contribution in [3.8, 4) is 0 Å². The minimum Gasteiger partial charge on any atom is -0.355 e. The number of rotatable bonds is 6. The number of amides is 1. The molecular weight excluding hydrogens is 190 g/mol. The Labute approximate surface area is 81.9 Å². The summed E-state index contributed by atoms with van der Waals surface area (Å²) in [7, 11) is 0. The summed E-state index contributed by atoms with van der Waals surface area (Å²) < 4.78 is 0. The fraction of sp³-hybridized carbons (Fsp3) is 0.833. The summed E-state index contributed by atoms with van der Waals surface area (Å²) in [6, 6.07) is -0.567. The molecular formula is C6H13N5OS. The van der Waals surface area contributed by atoms with E-state index in [-0.39, 0.29) is 5.91 Å². The summed E-state index contributed by atoms with van der Waals surface area (Å²) in [6.45, 7) is 0.853. The Balaban J connectivity index is 3.42. The Hall–Kier alpha value is -0.910. The Morgan fingerprint density at radius 1 is 1.77 bits per heavy atom. The van der Waals surface area contributed by atoms with E-state index in [2.05, 4.69) is 28.0 Å². The van der Waals surface area contributed by atoms with E-state index in [4.69, 9.17) is 11.3 Å². The first-order valence-electron chi connectivity index (χ1n) is 3.87. The van der Waals surface area contributed by atoms with Crippen molar-refractivity contribution in [1.29, 1.82) is 0 Å². The molecule has 0 aliphatic carbocycles. The molecule has 0 aliphatic heterocycles. The third-order valence-corrected chi connectivity index (χ3v) is 1.72. The summed E-state index contributed by atoms with van der Waals surface area (Å²) in [6.07, 6.45) is 0.620. The molecule has 0 bridgehead atoms. The average Bonchev–Trinajstić information content (AvgIpc) is 2.16. The number of azide groups is 1. The highest BCUT2D eigenvalue weighted by atomic mass is 32.1. The predicted molar refractivity (Wildman–Crippen MR) is 53.5 cm³/mol. The van der Waals surface area contributed by atoms with E-state index in [1.54, 1.807) is 0 Å². The Bertz CT molecular complexity index is 203. The molecule has 1 amide bonds. The van der Waals surface area contributed by atoms with Crippen LogP contribution in [-0.2, 0) is 4.79 Å². The van der Waals surface area contributed by atoms with E-state index in [0.29, 0.717) is 25.3 Å². The lowest BCUT2D eigenvalue weighted by Gasteiger charge is -2.08. The van der Waals surface area contributed by atoms with Crippen LogP contribution in [0, 0.1) is 0 Å². The maximum absolute atomic E-state index is 11.0. The maximum atomic E-state index is 11.0. The van der Waals surface area contributed by atoms with Gasteiger partial charge in [0.2, 0.25) is 5.91 Å². The van der Waals surface area contributed by atoms with Gasteiger partial charge < -0.3 is 11.1 Å². The molecule has 6 nitrogen and oxygen atoms in total. The van der Waals surface area contributed by atoms with Crippen LogP contribution in [-0.4, -0.2) is 30.8 Å². The summed E-state index contributed by atoms with van der Waals surface area (Å²) >= 11 is 3.88. The average molecular weight is 203 g/mol. The number of nitrogens with zero attached hydrogens (tertiary/aromatic N) is 3. The van der Waals surface area contributed by atoms with Crippen LogP contribution in [0.3, 0.4) is 0 Å². The van der Waals surface area contributed by atoms with Gasteiger partial charge in [-0.05, 0) is 12.0 Å². The van der Waals surface area contributed by atoms with Gasteiger partial charge in [0, 0.05) is 23.8 Å². The Morgan fingerprint density at radius 3 is 3.00 bits per heavy atom. The van der Waals surface area contributed by atoms with E-state index < -0.39 is 6.04 Å². The van der Waals surface area contributed by atoms with Crippen LogP contribution in [0.2, 0.25) is 0 Å². The zero-order chi connectivity index (χ0) is 10.1. The van der Waals surface area contributed by atoms with Crippen molar-refractivity contribution in [2.45, 2.75) is 12.5 Å². The first-order valence-corrected chi connectivity index (χ1v) is 4.50. The van der Waals surface area contributed by atoms with E-state index in [9.17, 15) is 4.79 Å². The number of hydrogen-bond donors (Lipinski definition) is 3. The Morgan fingerprint density at radius 2 is 2.46 bits per heavy atom. The number of carbonyl (C=O) groups excluding carboxylic acids is 1. The number of hydrogen-bond acceptors (Lipinski definition) is 4. The van der Waals surface area contributed by atoms with Gasteiger partial charge in [-0.2, -0.15) is 12.6 Å². The van der Waals surface area contributed by atoms with Crippen LogP contribution in [0.1, 0.15) is 6.42 Å². The van der Waals surface area contributed by atoms with Crippen LogP contribution in [0.5, 0.6) is 0 Å². The van der Waals surface area contributed by atoms with Gasteiger partial charge in [-0.1, -0.05) is 5.11 Å². The third-order valence-electron chi connectivity index (χ3n) is 1.33. The molecule has 0 saturated carbocycles. The van der Waals surface area contributed by atoms with Crippen molar-refractivity contribution in [2.24, 2.45) is 10.8 Å². The molecule has 0 aromatic rings. The van der Waals surface area contributed by atoms with Crippen molar-refractivity contribution in [2.75, 3.05) is 18.8 Å². The van der Waals surface area contributed by atoms with Gasteiger partial charge in [-0.25, -0.2) is 0 Å². The van der Waals surface area contributed by atoms with E-state index in [0.717, 1.165) is 0 Å². The van der Waals surface area contributed by atoms with E-state index in [1.807, 2.05) is 0 Å². The molecule has 0 aliphatic rings. The number of nitrogens with two attached hydrogens (primary N) is 1. The van der Waals surface area contributed by atoms with Gasteiger partial charge in [0.05, 0.1) is 6.04 Å². The van der Waals surface area contributed by atoms with Gasteiger partial charge in [0.25, 0.3) is 0 Å². The van der Waals surface area contributed by atoms with Gasteiger partial charge >= 0.3 is 0 Å². The smallest absolute Gasteiger partial charge is 0.237 e. The zero-order valence-electron chi connectivity index (χ0n) is 7.18. The number of thiol groups is 1. The number of carbonyl (C=O) groups is 1. The van der Waals surface area contributed by atoms with Crippen LogP contribution < -0.4 is 11.1 Å². The lowest BCUT2D eigenvalue weighted by molar-refractivity contribution is -0.121. The lowest BCUT2D eigenvalue weighted by atomic mass is 10.3. The van der Waals surface area contributed by atoms with E-state index >= 15 is 0 Å². The standard InChI is InChI=1S/C6H13N5OS/c7-5(4-13)6(12)9-2-1-3-10-11-8/h5,13H,1-4,7H2,(H,9,12). The van der Waals surface area contributed by atoms with Crippen molar-refractivity contribution in [1.82, 2.24) is 5.32 Å². The highest BCUT2D eigenvalue weighted by molar-refractivity contribution is 7.80. The minimum atomic E-state index is -0.567. The van der Waals surface area contributed by atoms with Gasteiger partial charge in [-0.15, -0.1) is 0 Å². The van der Waals surface area contributed by atoms with Crippen LogP contribution in [0.25, 0.3) is 10.4 Å². The SMILES string of the molecule is [N-]=[N+]=NCCCNC(=O)C(N)CS. The molecule has 0 saturated heterocycles. The van der Waals surface area contributed by atoms with Crippen LogP contribution in [0.4, 0.5) is 0 Å². The van der Waals surface area contributed by atoms with Gasteiger partial charge in [0.15, 0.2) is 0 Å². The van der Waals surface area contributed by atoms with Crippen molar-refractivity contribution in [3.63, 3.8) is 0 Å². The maximum Gasteiger partial charge on any atom is 0.237 e. The summed E-state index contributed by atoms with van der Waals surface area (Å²) in [5, 5.41) is 5.91. The third kappa shape index (κ3) is 6.27. The molecule has 0 aromatic carbocycles. The molecule has 0 spiro atoms. The molecule has 0 radical (unpaired) electrons. The summed E-state index contributed by atoms with van der Waals surface area (Å²) in [5.41, 5.74) is 13.3. The Kier molecular flexibility index (Phi) is 7.18. The fourth-order valence-electron chi connectivity index (χ4n) is 0.620. The molecule has 1 atom stereocenters. The molecule has 0 fully saturated rings. The first-order chi connectivity index (χ1) is 6.22. The monoisotopic (exact) mass is 203 g/mol. The molecule has 3 N–H and O–H groups in total. The largest absolute Gasteiger partial charge is 0.355 e. The van der Waals surface area contributed by atoms with Crippen molar-refractivity contribution < 1.29 is 4.79 Å². The highest BCUT2D eigenvalue weighted by Gasteiger charge is 2.09. The first kappa shape index (κ1) is 12.1. The van der Waals surface area contributed by atoms with Crippen molar-refractivity contribution >= 4 is 18.5 Å². The fourth-order valence-corrected chi connectivity index (χ4v) is 0.786. The summed E-state index contributed by atoms with van der Waals surface area (Å²) in [5.74, 6) is 0.0956. The minimum absolute atomic E-state index is 0.226. The van der Waals surface area contributed by atoms with Gasteiger partial charge in [0.1, 0.15) is 0 Å². The number of nitrogens with one attached hydrogen (secondary N) is 1. The molecule has 1 unspecified atom stereocenters. The lowest BCUT2D eigenvalue weighted by Crippen LogP contribution is -2.42. The highest BCUT2D eigenvalue weighted by Crippen LogP contribution is 1.84. The molecule has 0 heterocycles. The predicted octanol–water partition coefficient (Wildman–Crippen LogP) is 0.0601.